The number of carbonyl (C=O) groups excluding carboxylic acids is 2. The Labute approximate surface area is 334 Å². The number of aliphatic hydroxyl groups is 2. The number of hydrogen-bond donors (Lipinski definition) is 3. The first-order chi connectivity index (χ1) is 26.8. The number of phosphoric ester groups is 1. The number of rotatable bonds is 40. The normalized spacial score (nSPS) is 14.3. The summed E-state index contributed by atoms with van der Waals surface area (Å²) < 4.78 is 32.5. The third-order valence-corrected chi connectivity index (χ3v) is 10.0. The van der Waals surface area contributed by atoms with Crippen LogP contribution < -0.4 is 0 Å². The van der Waals surface area contributed by atoms with Crippen LogP contribution >= 0.6 is 7.82 Å². The summed E-state index contributed by atoms with van der Waals surface area (Å²) in [6, 6.07) is 0. The van der Waals surface area contributed by atoms with Crippen molar-refractivity contribution in [3.63, 3.8) is 0 Å². The number of phosphoric acid groups is 1. The monoisotopic (exact) mass is 799 g/mol. The van der Waals surface area contributed by atoms with Crippen LogP contribution in [0.15, 0.2) is 48.6 Å². The van der Waals surface area contributed by atoms with Crippen molar-refractivity contribution in [3.05, 3.63) is 48.6 Å². The van der Waals surface area contributed by atoms with Crippen molar-refractivity contribution in [2.45, 2.75) is 193 Å². The predicted molar refractivity (Wildman–Crippen MR) is 224 cm³/mol. The number of aliphatic hydroxyl groups excluding tert-OH is 2. The van der Waals surface area contributed by atoms with Crippen molar-refractivity contribution in [3.8, 4) is 0 Å². The maximum absolute atomic E-state index is 12.4. The summed E-state index contributed by atoms with van der Waals surface area (Å²) in [5, 5.41) is 19.2. The molecule has 0 saturated carbocycles. The number of ether oxygens (including phenoxy) is 2. The van der Waals surface area contributed by atoms with E-state index in [0.29, 0.717) is 12.8 Å². The van der Waals surface area contributed by atoms with Gasteiger partial charge in [0, 0.05) is 12.8 Å². The minimum atomic E-state index is -4.64. The van der Waals surface area contributed by atoms with E-state index in [1.165, 1.54) is 57.8 Å². The lowest BCUT2D eigenvalue weighted by molar-refractivity contribution is -0.153. The summed E-state index contributed by atoms with van der Waals surface area (Å²) in [5.74, 6) is -1.03. The van der Waals surface area contributed by atoms with Gasteiger partial charge in [0.2, 0.25) is 0 Å². The number of unbranched alkanes of at least 4 members (excludes halogenated alkanes) is 18. The lowest BCUT2D eigenvalue weighted by Gasteiger charge is -2.20. The molecule has 0 aromatic heterocycles. The molecule has 3 unspecified atom stereocenters. The Bertz CT molecular complexity index is 1060. The van der Waals surface area contributed by atoms with Crippen molar-refractivity contribution in [1.29, 1.82) is 0 Å². The van der Waals surface area contributed by atoms with Crippen LogP contribution in [0.25, 0.3) is 0 Å². The van der Waals surface area contributed by atoms with Crippen LogP contribution in [0.5, 0.6) is 0 Å². The van der Waals surface area contributed by atoms with E-state index < -0.39 is 58.4 Å². The minimum Gasteiger partial charge on any atom is -0.457 e. The molecule has 0 rings (SSSR count). The summed E-state index contributed by atoms with van der Waals surface area (Å²) in [6.07, 6.45) is 42.2. The van der Waals surface area contributed by atoms with Crippen molar-refractivity contribution in [2.24, 2.45) is 0 Å². The van der Waals surface area contributed by atoms with E-state index in [4.69, 9.17) is 18.5 Å². The average Bonchev–Trinajstić information content (AvgIpc) is 3.17. The second kappa shape index (κ2) is 40.1. The fourth-order valence-electron chi connectivity index (χ4n) is 5.75. The Hall–Kier alpha value is -2.07. The maximum Gasteiger partial charge on any atom is 0.472 e. The predicted octanol–water partition coefficient (Wildman–Crippen LogP) is 11.3. The third kappa shape index (κ3) is 38.6. The van der Waals surface area contributed by atoms with Gasteiger partial charge in [-0.3, -0.25) is 18.6 Å². The van der Waals surface area contributed by atoms with Gasteiger partial charge in [0.25, 0.3) is 0 Å². The Morgan fingerprint density at radius 2 is 0.855 bits per heavy atom. The molecule has 0 aliphatic carbocycles. The fraction of sp³-hybridized carbons (Fsp3) is 0.773. The molecule has 11 heteroatoms. The Kier molecular flexibility index (Phi) is 38.6. The van der Waals surface area contributed by atoms with Gasteiger partial charge in [0.15, 0.2) is 0 Å². The van der Waals surface area contributed by atoms with Crippen LogP contribution in [0.4, 0.5) is 0 Å². The molecule has 0 aliphatic rings. The molecule has 0 amide bonds. The van der Waals surface area contributed by atoms with E-state index in [0.717, 1.165) is 83.5 Å². The second-order valence-electron chi connectivity index (χ2n) is 14.3. The van der Waals surface area contributed by atoms with E-state index in [-0.39, 0.29) is 12.8 Å². The van der Waals surface area contributed by atoms with E-state index >= 15 is 0 Å². The van der Waals surface area contributed by atoms with Crippen molar-refractivity contribution in [1.82, 2.24) is 0 Å². The average molecular weight is 799 g/mol. The molecule has 3 N–H and O–H groups in total. The molecule has 3 atom stereocenters. The molecule has 320 valence electrons. The minimum absolute atomic E-state index is 0.175. The van der Waals surface area contributed by atoms with Gasteiger partial charge in [0.1, 0.15) is 12.2 Å². The lowest BCUT2D eigenvalue weighted by atomic mass is 10.0. The molecule has 0 fully saturated rings. The zero-order chi connectivity index (χ0) is 40.5. The quantitative estimate of drug-likeness (QED) is 0.0237. The third-order valence-electron chi connectivity index (χ3n) is 9.06. The summed E-state index contributed by atoms with van der Waals surface area (Å²) in [7, 11) is -4.64. The highest BCUT2D eigenvalue weighted by atomic mass is 31.2. The SMILES string of the molecule is CC/C=C\C/C=C\C/C=C\C/C=C\CCCCCCCCC(=O)OC(CO)COP(=O)(O)OCC(CO)OC(=O)CCCCCCCCCCCCCCC. The maximum atomic E-state index is 12.4. The van der Waals surface area contributed by atoms with E-state index in [9.17, 15) is 29.3 Å². The lowest BCUT2D eigenvalue weighted by Crippen LogP contribution is -2.28. The number of esters is 2. The smallest absolute Gasteiger partial charge is 0.457 e. The molecule has 0 bridgehead atoms. The van der Waals surface area contributed by atoms with Gasteiger partial charge in [-0.25, -0.2) is 4.57 Å². The molecular formula is C44H79O10P. The summed E-state index contributed by atoms with van der Waals surface area (Å²) in [5.41, 5.74) is 0. The van der Waals surface area contributed by atoms with Gasteiger partial charge in [0.05, 0.1) is 26.4 Å². The van der Waals surface area contributed by atoms with Crippen LogP contribution in [-0.4, -0.2) is 65.7 Å². The van der Waals surface area contributed by atoms with Crippen molar-refractivity contribution < 1.29 is 47.8 Å². The Morgan fingerprint density at radius 3 is 1.24 bits per heavy atom. The molecule has 0 aromatic carbocycles. The topological polar surface area (TPSA) is 149 Å². The van der Waals surface area contributed by atoms with Gasteiger partial charge >= 0.3 is 19.8 Å². The van der Waals surface area contributed by atoms with Crippen LogP contribution in [0.2, 0.25) is 0 Å². The van der Waals surface area contributed by atoms with E-state index in [1.54, 1.807) is 0 Å². The highest BCUT2D eigenvalue weighted by molar-refractivity contribution is 7.47. The molecule has 55 heavy (non-hydrogen) atoms. The van der Waals surface area contributed by atoms with Crippen LogP contribution in [0.1, 0.15) is 181 Å². The number of hydrogen-bond acceptors (Lipinski definition) is 9. The molecule has 0 heterocycles. The molecule has 0 saturated heterocycles. The van der Waals surface area contributed by atoms with Crippen molar-refractivity contribution >= 4 is 19.8 Å². The largest absolute Gasteiger partial charge is 0.472 e. The Morgan fingerprint density at radius 1 is 0.509 bits per heavy atom. The molecule has 10 nitrogen and oxygen atoms in total. The fourth-order valence-corrected chi connectivity index (χ4v) is 6.54. The van der Waals surface area contributed by atoms with Crippen LogP contribution in [-0.2, 0) is 32.7 Å². The first-order valence-electron chi connectivity index (χ1n) is 21.6. The first-order valence-corrected chi connectivity index (χ1v) is 23.1. The highest BCUT2D eigenvalue weighted by Gasteiger charge is 2.27. The van der Waals surface area contributed by atoms with Gasteiger partial charge in [-0.15, -0.1) is 0 Å². The van der Waals surface area contributed by atoms with Gasteiger partial charge in [-0.05, 0) is 51.4 Å². The van der Waals surface area contributed by atoms with Crippen LogP contribution in [0, 0.1) is 0 Å². The van der Waals surface area contributed by atoms with Gasteiger partial charge in [-0.1, -0.05) is 165 Å². The molecule has 0 aliphatic heterocycles. The summed E-state index contributed by atoms with van der Waals surface area (Å²) in [6.45, 7) is 2.08. The Balaban J connectivity index is 3.94. The zero-order valence-corrected chi connectivity index (χ0v) is 35.5. The summed E-state index contributed by atoms with van der Waals surface area (Å²) in [4.78, 5) is 34.5. The van der Waals surface area contributed by atoms with Crippen molar-refractivity contribution in [2.75, 3.05) is 26.4 Å². The molecule has 0 aromatic rings. The van der Waals surface area contributed by atoms with E-state index in [2.05, 4.69) is 62.5 Å². The zero-order valence-electron chi connectivity index (χ0n) is 34.6. The highest BCUT2D eigenvalue weighted by Crippen LogP contribution is 2.43. The van der Waals surface area contributed by atoms with Gasteiger partial charge in [-0.2, -0.15) is 0 Å². The molecule has 0 radical (unpaired) electrons. The van der Waals surface area contributed by atoms with Gasteiger partial charge < -0.3 is 24.6 Å². The van der Waals surface area contributed by atoms with Crippen LogP contribution in [0.3, 0.4) is 0 Å². The number of carbonyl (C=O) groups is 2. The second-order valence-corrected chi connectivity index (χ2v) is 15.8. The van der Waals surface area contributed by atoms with E-state index in [1.807, 2.05) is 0 Å². The summed E-state index contributed by atoms with van der Waals surface area (Å²) >= 11 is 0. The standard InChI is InChI=1S/C44H79O10P/c1-3-5-7-9-11-13-15-17-18-19-20-21-22-24-26-28-30-32-34-36-44(48)54-42(38-46)40-52-55(49,50)51-39-41(37-45)53-43(47)35-33-31-29-27-25-23-16-14-12-10-8-6-4-2/h5,7,11,13,17-18,20-21,41-42,45-46H,3-4,6,8-10,12,14-16,19,22-40H2,1-2H3,(H,49,50)/b7-5-,13-11-,18-17-,21-20-. The molecular weight excluding hydrogens is 719 g/mol. The molecule has 0 spiro atoms. The first kappa shape index (κ1) is 52.9. The number of allylic oxidation sites excluding steroid dienone is 8.